The van der Waals surface area contributed by atoms with Gasteiger partial charge < -0.3 is 14.9 Å². The molecule has 1 aliphatic heterocycles. The van der Waals surface area contributed by atoms with Crippen LogP contribution in [0.1, 0.15) is 63.5 Å². The number of rotatable bonds is 2. The van der Waals surface area contributed by atoms with Crippen molar-refractivity contribution in [3.8, 4) is 11.5 Å². The quantitative estimate of drug-likeness (QED) is 0.803. The van der Waals surface area contributed by atoms with E-state index in [0.717, 1.165) is 18.4 Å². The van der Waals surface area contributed by atoms with Crippen molar-refractivity contribution in [1.29, 1.82) is 0 Å². The molecule has 0 fully saturated rings. The van der Waals surface area contributed by atoms with Gasteiger partial charge in [0.05, 0.1) is 5.92 Å². The molecule has 1 heterocycles. The second kappa shape index (κ2) is 5.29. The maximum atomic E-state index is 11.2. The molecule has 0 saturated carbocycles. The Morgan fingerprint density at radius 3 is 2.74 bits per heavy atom. The number of aliphatic carboxylic acids is 1. The standard InChI is InChI=1S/C19H24O4/c1-10-5-6-14-13(7-10)17-15(20)8-12(11(2)18(21)22)9-16(17)23-19(14,3)4/h5,8-9,11,13-14,20H,6-7H2,1-4H3,(H,21,22)/t11?,13?,14-/m1/s1. The van der Waals surface area contributed by atoms with Gasteiger partial charge in [0, 0.05) is 17.4 Å². The highest BCUT2D eigenvalue weighted by Crippen LogP contribution is 2.54. The van der Waals surface area contributed by atoms with Gasteiger partial charge in [-0.3, -0.25) is 4.79 Å². The highest BCUT2D eigenvalue weighted by atomic mass is 16.5. The van der Waals surface area contributed by atoms with Crippen molar-refractivity contribution >= 4 is 5.97 Å². The summed E-state index contributed by atoms with van der Waals surface area (Å²) in [6, 6.07) is 3.38. The molecule has 0 saturated heterocycles. The molecule has 1 aromatic carbocycles. The number of aromatic hydroxyl groups is 1. The molecule has 0 spiro atoms. The number of carboxylic acids is 1. The number of phenols is 1. The van der Waals surface area contributed by atoms with Gasteiger partial charge >= 0.3 is 5.97 Å². The van der Waals surface area contributed by atoms with E-state index in [9.17, 15) is 15.0 Å². The molecule has 1 aromatic rings. The van der Waals surface area contributed by atoms with E-state index < -0.39 is 11.9 Å². The summed E-state index contributed by atoms with van der Waals surface area (Å²) in [6.07, 6.45) is 4.11. The largest absolute Gasteiger partial charge is 0.508 e. The second-order valence-electron chi connectivity index (χ2n) is 7.42. The Hall–Kier alpha value is -1.97. The van der Waals surface area contributed by atoms with E-state index in [4.69, 9.17) is 4.74 Å². The molecular weight excluding hydrogens is 292 g/mol. The predicted molar refractivity (Wildman–Crippen MR) is 88.1 cm³/mol. The average Bonchev–Trinajstić information content (AvgIpc) is 2.44. The molecule has 4 heteroatoms. The fraction of sp³-hybridized carbons (Fsp3) is 0.526. The van der Waals surface area contributed by atoms with Crippen molar-refractivity contribution in [3.63, 3.8) is 0 Å². The van der Waals surface area contributed by atoms with Crippen LogP contribution in [-0.4, -0.2) is 21.8 Å². The van der Waals surface area contributed by atoms with Crippen LogP contribution in [0.3, 0.4) is 0 Å². The fourth-order valence-corrected chi connectivity index (χ4v) is 3.98. The first-order chi connectivity index (χ1) is 10.7. The molecule has 0 radical (unpaired) electrons. The van der Waals surface area contributed by atoms with Crippen LogP contribution in [-0.2, 0) is 4.79 Å². The van der Waals surface area contributed by atoms with Gasteiger partial charge in [-0.25, -0.2) is 0 Å². The van der Waals surface area contributed by atoms with Gasteiger partial charge in [0.1, 0.15) is 17.1 Å². The topological polar surface area (TPSA) is 66.8 Å². The van der Waals surface area contributed by atoms with Crippen molar-refractivity contribution in [2.75, 3.05) is 0 Å². The van der Waals surface area contributed by atoms with Gasteiger partial charge in [0.15, 0.2) is 0 Å². The Morgan fingerprint density at radius 2 is 2.09 bits per heavy atom. The molecule has 23 heavy (non-hydrogen) atoms. The number of benzene rings is 1. The van der Waals surface area contributed by atoms with Crippen LogP contribution in [0.5, 0.6) is 11.5 Å². The third kappa shape index (κ3) is 2.60. The fourth-order valence-electron chi connectivity index (χ4n) is 3.98. The smallest absolute Gasteiger partial charge is 0.310 e. The molecule has 3 rings (SSSR count). The van der Waals surface area contributed by atoms with E-state index in [1.807, 2.05) is 0 Å². The second-order valence-corrected chi connectivity index (χ2v) is 7.42. The molecule has 124 valence electrons. The summed E-state index contributed by atoms with van der Waals surface area (Å²) in [5, 5.41) is 19.8. The SMILES string of the molecule is CC1=CC[C@@H]2C(C1)c1c(O)cc(C(C)C(=O)O)cc1OC2(C)C. The number of hydrogen-bond donors (Lipinski definition) is 2. The van der Waals surface area contributed by atoms with E-state index >= 15 is 0 Å². The van der Waals surface area contributed by atoms with Gasteiger partial charge in [0.2, 0.25) is 0 Å². The van der Waals surface area contributed by atoms with E-state index in [1.165, 1.54) is 5.57 Å². The molecule has 0 amide bonds. The Balaban J connectivity index is 2.12. The van der Waals surface area contributed by atoms with Crippen molar-refractivity contribution in [2.24, 2.45) is 5.92 Å². The summed E-state index contributed by atoms with van der Waals surface area (Å²) >= 11 is 0. The van der Waals surface area contributed by atoms with Crippen molar-refractivity contribution in [1.82, 2.24) is 0 Å². The zero-order valence-electron chi connectivity index (χ0n) is 14.1. The minimum Gasteiger partial charge on any atom is -0.508 e. The lowest BCUT2D eigenvalue weighted by molar-refractivity contribution is -0.138. The zero-order valence-corrected chi connectivity index (χ0v) is 14.1. The molecule has 4 nitrogen and oxygen atoms in total. The van der Waals surface area contributed by atoms with Crippen molar-refractivity contribution in [2.45, 2.75) is 58.0 Å². The van der Waals surface area contributed by atoms with Crippen LogP contribution >= 0.6 is 0 Å². The summed E-state index contributed by atoms with van der Waals surface area (Å²) in [5.41, 5.74) is 2.40. The monoisotopic (exact) mass is 316 g/mol. The summed E-state index contributed by atoms with van der Waals surface area (Å²) in [7, 11) is 0. The molecule has 0 aromatic heterocycles. The number of fused-ring (bicyclic) bond motifs is 3. The lowest BCUT2D eigenvalue weighted by atomic mass is 9.67. The Kier molecular flexibility index (Phi) is 3.66. The van der Waals surface area contributed by atoms with Gasteiger partial charge in [0.25, 0.3) is 0 Å². The van der Waals surface area contributed by atoms with Crippen molar-refractivity contribution in [3.05, 3.63) is 34.9 Å². The van der Waals surface area contributed by atoms with Crippen LogP contribution in [0.15, 0.2) is 23.8 Å². The van der Waals surface area contributed by atoms with Gasteiger partial charge in [-0.2, -0.15) is 0 Å². The Bertz CT molecular complexity index is 687. The summed E-state index contributed by atoms with van der Waals surface area (Å²) in [6.45, 7) is 7.89. The Morgan fingerprint density at radius 1 is 1.39 bits per heavy atom. The lowest BCUT2D eigenvalue weighted by Gasteiger charge is -2.47. The molecule has 2 N–H and O–H groups in total. The minimum absolute atomic E-state index is 0.158. The maximum absolute atomic E-state index is 11.2. The lowest BCUT2D eigenvalue weighted by Crippen LogP contribution is -2.45. The highest BCUT2D eigenvalue weighted by molar-refractivity contribution is 5.76. The van der Waals surface area contributed by atoms with Crippen LogP contribution < -0.4 is 4.74 Å². The summed E-state index contributed by atoms with van der Waals surface area (Å²) < 4.78 is 6.19. The summed E-state index contributed by atoms with van der Waals surface area (Å²) in [5.74, 6) is -0.266. The Labute approximate surface area is 136 Å². The van der Waals surface area contributed by atoms with Crippen LogP contribution in [0.25, 0.3) is 0 Å². The van der Waals surface area contributed by atoms with Crippen LogP contribution in [0.2, 0.25) is 0 Å². The first-order valence-electron chi connectivity index (χ1n) is 8.15. The number of carboxylic acid groups (broad SMARTS) is 1. The third-order valence-corrected chi connectivity index (χ3v) is 5.40. The van der Waals surface area contributed by atoms with Gasteiger partial charge in [-0.05, 0) is 58.2 Å². The first kappa shape index (κ1) is 15.9. The van der Waals surface area contributed by atoms with Crippen LogP contribution in [0, 0.1) is 5.92 Å². The molecular formula is C19H24O4. The molecule has 3 atom stereocenters. The summed E-state index contributed by atoms with van der Waals surface area (Å²) in [4.78, 5) is 11.2. The normalized spacial score (nSPS) is 26.3. The minimum atomic E-state index is -0.909. The van der Waals surface area contributed by atoms with Crippen molar-refractivity contribution < 1.29 is 19.7 Å². The zero-order chi connectivity index (χ0) is 16.9. The number of allylic oxidation sites excluding steroid dienone is 2. The number of carbonyl (C=O) groups is 1. The molecule has 0 bridgehead atoms. The van der Waals surface area contributed by atoms with Crippen LogP contribution in [0.4, 0.5) is 0 Å². The van der Waals surface area contributed by atoms with E-state index in [1.54, 1.807) is 19.1 Å². The number of phenolic OH excluding ortho intramolecular Hbond substituents is 1. The maximum Gasteiger partial charge on any atom is 0.310 e. The van der Waals surface area contributed by atoms with E-state index in [2.05, 4.69) is 26.8 Å². The molecule has 2 aliphatic rings. The predicted octanol–water partition coefficient (Wildman–Crippen LogP) is 4.19. The highest BCUT2D eigenvalue weighted by Gasteiger charge is 2.45. The molecule has 1 aliphatic carbocycles. The van der Waals surface area contributed by atoms with Gasteiger partial charge in [-0.15, -0.1) is 0 Å². The number of ether oxygens (including phenoxy) is 1. The molecule has 2 unspecified atom stereocenters. The number of hydrogen-bond acceptors (Lipinski definition) is 3. The van der Waals surface area contributed by atoms with E-state index in [-0.39, 0.29) is 17.3 Å². The average molecular weight is 316 g/mol. The van der Waals surface area contributed by atoms with Gasteiger partial charge in [-0.1, -0.05) is 11.6 Å². The van der Waals surface area contributed by atoms with E-state index in [0.29, 0.717) is 17.2 Å². The first-order valence-corrected chi connectivity index (χ1v) is 8.15. The third-order valence-electron chi connectivity index (χ3n) is 5.40.